The van der Waals surface area contributed by atoms with Gasteiger partial charge in [0.05, 0.1) is 37.3 Å². The summed E-state index contributed by atoms with van der Waals surface area (Å²) >= 11 is 13.3. The number of rotatable bonds is 26. The van der Waals surface area contributed by atoms with Crippen LogP contribution in [-0.4, -0.2) is 198 Å². The highest BCUT2D eigenvalue weighted by molar-refractivity contribution is 6.31. The number of hydrogen-bond acceptors (Lipinski definition) is 15. The number of hydrogen-bond donors (Lipinski definition) is 5. The van der Waals surface area contributed by atoms with Crippen LogP contribution in [0.1, 0.15) is 170 Å². The van der Waals surface area contributed by atoms with E-state index >= 15 is 4.79 Å². The predicted molar refractivity (Wildman–Crippen MR) is 385 cm³/mol. The Morgan fingerprint density at radius 2 is 1.08 bits per heavy atom. The van der Waals surface area contributed by atoms with Crippen molar-refractivity contribution in [1.29, 1.82) is 0 Å². The van der Waals surface area contributed by atoms with Crippen LogP contribution < -0.4 is 27.0 Å². The molecule has 6 aliphatic heterocycles. The van der Waals surface area contributed by atoms with Gasteiger partial charge in [-0.3, -0.25) is 19.2 Å². The molecule has 6 heterocycles. The molecule has 97 heavy (non-hydrogen) atoms. The molecule has 2 unspecified atom stereocenters. The standard InChI is InChI=1S/C76H107Cl2N13O6/c1-52(2)82-65(25-12-16-35-86-33-14-7-15-34-86)73(94)90-41-39-88(75-83-53(3)69(96-75)59-20-8-5-9-21-59)51-68(90)72(93)81-49-57-43-61(46-63(78)45-57)58-31-37-87(38-32-58)36-17-13-26-66(85-64-29-27-55(47-79)28-30-64)74(95)91-42-40-89(76-84-54(4)70(97-76)60-22-10-6-11-23-60)50-67(91)71(92)80-48-56-19-18-24-62(77)44-56/h5-6,8-11,18-24,43-46,52-55,58,64-70,82,85H,7,12-17,25-42,47-51,79H2,1-4H3,(H,80,92)(H,81,93)/t53-,54-,55?,64?,65+,66+,67-,68-,69?,70?/m0/s1. The third kappa shape index (κ3) is 19.6. The first-order valence-electron chi connectivity index (χ1n) is 36.6. The van der Waals surface area contributed by atoms with Gasteiger partial charge in [0.15, 0.2) is 0 Å². The van der Waals surface area contributed by atoms with E-state index in [4.69, 9.17) is 48.4 Å². The summed E-state index contributed by atoms with van der Waals surface area (Å²) in [6.45, 7) is 17.8. The van der Waals surface area contributed by atoms with Gasteiger partial charge in [0.1, 0.15) is 24.3 Å². The third-order valence-corrected chi connectivity index (χ3v) is 21.6. The average Bonchev–Trinajstić information content (AvgIpc) is 1.79. The van der Waals surface area contributed by atoms with Crippen molar-refractivity contribution in [3.63, 3.8) is 0 Å². The van der Waals surface area contributed by atoms with Crippen LogP contribution in [0.4, 0.5) is 0 Å². The Morgan fingerprint density at radius 1 is 0.557 bits per heavy atom. The smallest absolute Gasteiger partial charge is 0.288 e. The molecule has 1 aliphatic carbocycles. The molecule has 8 atom stereocenters. The molecule has 0 aromatic heterocycles. The zero-order valence-corrected chi connectivity index (χ0v) is 59.3. The maximum absolute atomic E-state index is 15.3. The van der Waals surface area contributed by atoms with E-state index in [0.29, 0.717) is 79.5 Å². The van der Waals surface area contributed by atoms with Gasteiger partial charge in [-0.1, -0.05) is 135 Å². The summed E-state index contributed by atoms with van der Waals surface area (Å²) in [5.74, 6) is 0.251. The number of nitrogens with two attached hydrogens (primary N) is 1. The maximum Gasteiger partial charge on any atom is 0.288 e. The van der Waals surface area contributed by atoms with Crippen molar-refractivity contribution < 1.29 is 28.7 Å². The van der Waals surface area contributed by atoms with Gasteiger partial charge in [-0.15, -0.1) is 0 Å². The minimum atomic E-state index is -0.784. The maximum atomic E-state index is 15.3. The lowest BCUT2D eigenvalue weighted by molar-refractivity contribution is -0.145. The minimum absolute atomic E-state index is 0.0391. The molecular formula is C76H107Cl2N13O6. The number of likely N-dealkylation sites (tertiary alicyclic amines) is 2. The number of aliphatic imine (C=N–C) groups is 2. The van der Waals surface area contributed by atoms with Gasteiger partial charge in [0, 0.05) is 61.4 Å². The van der Waals surface area contributed by atoms with Crippen molar-refractivity contribution in [3.8, 4) is 0 Å². The molecule has 7 aliphatic rings. The number of carbonyl (C=O) groups is 4. The number of amides is 4. The molecule has 4 saturated heterocycles. The number of amidine groups is 2. The van der Waals surface area contributed by atoms with Crippen molar-refractivity contribution in [2.24, 2.45) is 21.6 Å². The van der Waals surface area contributed by atoms with Crippen LogP contribution in [0.15, 0.2) is 113 Å². The molecule has 6 N–H and O–H groups in total. The Bertz CT molecular complexity index is 3270. The fourth-order valence-electron chi connectivity index (χ4n) is 15.7. The van der Waals surface area contributed by atoms with Gasteiger partial charge in [-0.2, -0.15) is 0 Å². The molecule has 4 aromatic carbocycles. The Hall–Kier alpha value is -6.32. The minimum Gasteiger partial charge on any atom is -0.455 e. The van der Waals surface area contributed by atoms with E-state index in [2.05, 4.69) is 95.2 Å². The fourth-order valence-corrected chi connectivity index (χ4v) is 16.2. The lowest BCUT2D eigenvalue weighted by Gasteiger charge is -2.43. The lowest BCUT2D eigenvalue weighted by atomic mass is 9.85. The highest BCUT2D eigenvalue weighted by Gasteiger charge is 2.44. The van der Waals surface area contributed by atoms with Crippen LogP contribution in [0.5, 0.6) is 0 Å². The van der Waals surface area contributed by atoms with Gasteiger partial charge in [-0.25, -0.2) is 9.98 Å². The van der Waals surface area contributed by atoms with Gasteiger partial charge < -0.3 is 65.9 Å². The fraction of sp³-hybridized carbons (Fsp3) is 0.605. The number of ether oxygens (including phenoxy) is 2. The molecular weight excluding hydrogens is 1260 g/mol. The first-order valence-corrected chi connectivity index (χ1v) is 37.3. The topological polar surface area (TPSA) is 205 Å². The number of unbranched alkanes of at least 4 members (excludes halogenated alkanes) is 2. The summed E-state index contributed by atoms with van der Waals surface area (Å²) in [6, 6.07) is 32.5. The monoisotopic (exact) mass is 1370 g/mol. The summed E-state index contributed by atoms with van der Waals surface area (Å²) in [7, 11) is 0. The molecule has 11 rings (SSSR count). The predicted octanol–water partition coefficient (Wildman–Crippen LogP) is 9.83. The van der Waals surface area contributed by atoms with E-state index in [1.54, 1.807) is 0 Å². The van der Waals surface area contributed by atoms with E-state index in [-0.39, 0.29) is 86.2 Å². The third-order valence-electron chi connectivity index (χ3n) is 21.2. The average molecular weight is 1370 g/mol. The van der Waals surface area contributed by atoms with Crippen molar-refractivity contribution in [2.45, 2.75) is 204 Å². The van der Waals surface area contributed by atoms with Crippen LogP contribution in [0.25, 0.3) is 0 Å². The summed E-state index contributed by atoms with van der Waals surface area (Å²) in [5.41, 5.74) is 11.2. The molecule has 4 aromatic rings. The Balaban J connectivity index is 0.706. The van der Waals surface area contributed by atoms with Gasteiger partial charge in [0.25, 0.3) is 12.0 Å². The number of piperazine rings is 2. The molecule has 4 amide bonds. The second-order valence-corrected chi connectivity index (χ2v) is 29.6. The van der Waals surface area contributed by atoms with Crippen LogP contribution in [0.3, 0.4) is 0 Å². The Morgan fingerprint density at radius 3 is 1.63 bits per heavy atom. The zero-order chi connectivity index (χ0) is 67.8. The number of carbonyl (C=O) groups excluding carboxylic acids is 4. The SMILES string of the molecule is CC(C)N[C@H](CCCCN1CCCCC1)C(=O)N1CCN(C2=N[C@@H](C)C(c3ccccc3)O2)C[C@H]1C(=O)NCc1cc(Cl)cc(C2CCN(CCCC[C@@H](NC3CCC(CN)CC3)C(=O)N3CCN(C4=N[C@@H](C)C(c5ccccc5)O4)C[C@H]3C(=O)NCc3cccc(Cl)c3)CC2)c1. The summed E-state index contributed by atoms with van der Waals surface area (Å²) in [4.78, 5) is 82.3. The highest BCUT2D eigenvalue weighted by Crippen LogP contribution is 2.35. The quantitative estimate of drug-likeness (QED) is 0.0372. The van der Waals surface area contributed by atoms with Gasteiger partial charge in [-0.05, 0) is 201 Å². The van der Waals surface area contributed by atoms with Gasteiger partial charge in [0.2, 0.25) is 23.6 Å². The number of halogens is 2. The number of piperidine rings is 2. The van der Waals surface area contributed by atoms with Crippen molar-refractivity contribution in [1.82, 2.24) is 50.7 Å². The molecule has 5 fully saturated rings. The van der Waals surface area contributed by atoms with E-state index < -0.39 is 24.2 Å². The molecule has 19 nitrogen and oxygen atoms in total. The molecule has 21 heteroatoms. The molecule has 526 valence electrons. The normalized spacial score (nSPS) is 25.1. The second kappa shape index (κ2) is 35.1. The summed E-state index contributed by atoms with van der Waals surface area (Å²) in [6.07, 6.45) is 14.3. The Labute approximate surface area is 586 Å². The van der Waals surface area contributed by atoms with Crippen LogP contribution in [0.2, 0.25) is 10.0 Å². The first-order chi connectivity index (χ1) is 47.1. The largest absolute Gasteiger partial charge is 0.455 e. The molecule has 0 radical (unpaired) electrons. The molecule has 1 saturated carbocycles. The van der Waals surface area contributed by atoms with Crippen LogP contribution in [-0.2, 0) is 41.7 Å². The van der Waals surface area contributed by atoms with E-state index in [1.807, 2.05) is 86.3 Å². The van der Waals surface area contributed by atoms with Crippen molar-refractivity contribution >= 4 is 58.9 Å². The molecule has 0 bridgehead atoms. The Kier molecular flexibility index (Phi) is 26.1. The van der Waals surface area contributed by atoms with E-state index in [1.165, 1.54) is 24.8 Å². The molecule has 0 spiro atoms. The second-order valence-electron chi connectivity index (χ2n) is 28.7. The number of nitrogens with one attached hydrogen (secondary N) is 4. The van der Waals surface area contributed by atoms with E-state index in [9.17, 15) is 14.4 Å². The zero-order valence-electron chi connectivity index (χ0n) is 57.8. The lowest BCUT2D eigenvalue weighted by Crippen LogP contribution is -2.64. The summed E-state index contributed by atoms with van der Waals surface area (Å²) < 4.78 is 13.1. The highest BCUT2D eigenvalue weighted by atomic mass is 35.5. The van der Waals surface area contributed by atoms with E-state index in [0.717, 1.165) is 126 Å². The van der Waals surface area contributed by atoms with Crippen LogP contribution in [0, 0.1) is 5.92 Å². The first kappa shape index (κ1) is 71.9. The van der Waals surface area contributed by atoms with Gasteiger partial charge >= 0.3 is 0 Å². The summed E-state index contributed by atoms with van der Waals surface area (Å²) in [5, 5.41) is 15.1. The van der Waals surface area contributed by atoms with Crippen molar-refractivity contribution in [2.75, 3.05) is 85.1 Å². The number of benzene rings is 4. The van der Waals surface area contributed by atoms with Crippen molar-refractivity contribution in [3.05, 3.63) is 141 Å². The van der Waals surface area contributed by atoms with Crippen LogP contribution >= 0.6 is 23.2 Å². The number of nitrogens with zero attached hydrogens (tertiary/aromatic N) is 8.